The zero-order valence-electron chi connectivity index (χ0n) is 19.2. The lowest BCUT2D eigenvalue weighted by molar-refractivity contribution is -0.156. The quantitative estimate of drug-likeness (QED) is 0.195. The number of Topliss-reactive ketones (excluding diaryl/α,β-unsaturated/α-hetero) is 1. The number of carbonyl (C=O) groups is 4. The van der Waals surface area contributed by atoms with Crippen LogP contribution >= 0.6 is 34.8 Å². The first-order valence-corrected chi connectivity index (χ1v) is 12.6. The summed E-state index contributed by atoms with van der Waals surface area (Å²) in [5.41, 5.74) is 0.127. The highest BCUT2D eigenvalue weighted by Gasteiger charge is 2.54. The summed E-state index contributed by atoms with van der Waals surface area (Å²) < 4.78 is 13.5. The van der Waals surface area contributed by atoms with Crippen LogP contribution in [0.1, 0.15) is 40.5 Å². The van der Waals surface area contributed by atoms with E-state index in [1.165, 1.54) is 30.3 Å². The normalized spacial score (nSPS) is 21.9. The highest BCUT2D eigenvalue weighted by Crippen LogP contribution is 2.40. The fourth-order valence-corrected chi connectivity index (χ4v) is 5.26. The summed E-state index contributed by atoms with van der Waals surface area (Å²) in [6, 6.07) is 7.58. The van der Waals surface area contributed by atoms with Crippen LogP contribution in [0.5, 0.6) is 0 Å². The number of halogens is 4. The molecule has 0 aromatic heterocycles. The zero-order valence-corrected chi connectivity index (χ0v) is 21.4. The Kier molecular flexibility index (Phi) is 7.83. The zero-order chi connectivity index (χ0) is 26.1. The minimum atomic E-state index is -1.31. The van der Waals surface area contributed by atoms with Crippen molar-refractivity contribution in [2.45, 2.75) is 25.8 Å². The molecule has 6 nitrogen and oxygen atoms in total. The molecule has 1 fully saturated rings. The van der Waals surface area contributed by atoms with Gasteiger partial charge in [0.15, 0.2) is 5.78 Å². The Balaban J connectivity index is 1.83. The molecule has 0 spiro atoms. The van der Waals surface area contributed by atoms with Crippen molar-refractivity contribution in [3.05, 3.63) is 81.6 Å². The van der Waals surface area contributed by atoms with Gasteiger partial charge < -0.3 is 0 Å². The number of carbonyl (C=O) groups excluding carboxylic acids is 4. The number of hydrogen-bond acceptors (Lipinski definition) is 4. The maximum atomic E-state index is 13.9. The summed E-state index contributed by atoms with van der Waals surface area (Å²) >= 11 is 18.2. The predicted octanol–water partition coefficient (Wildman–Crippen LogP) is 5.57. The molecule has 1 aliphatic heterocycles. The molecule has 0 bridgehead atoms. The second-order valence-electron chi connectivity index (χ2n) is 8.79. The number of nitrogens with zero attached hydrogens (tertiary/aromatic N) is 2. The van der Waals surface area contributed by atoms with E-state index in [1.807, 2.05) is 19.1 Å². The largest absolute Gasteiger partial charge is 0.292 e. The molecule has 2 aromatic rings. The number of amides is 3. The molecule has 4 rings (SSSR count). The first kappa shape index (κ1) is 26.3. The molecule has 36 heavy (non-hydrogen) atoms. The van der Waals surface area contributed by atoms with Crippen LogP contribution in [-0.2, 0) is 9.59 Å². The first-order valence-electron chi connectivity index (χ1n) is 11.3. The smallest absolute Gasteiger partial charge is 0.273 e. The van der Waals surface area contributed by atoms with E-state index in [4.69, 9.17) is 34.8 Å². The van der Waals surface area contributed by atoms with E-state index < -0.39 is 47.2 Å². The van der Waals surface area contributed by atoms with Crippen molar-refractivity contribution in [2.24, 2.45) is 17.8 Å². The number of benzene rings is 2. The Morgan fingerprint density at radius 3 is 2.33 bits per heavy atom. The minimum absolute atomic E-state index is 0.0255. The molecule has 2 aromatic carbocycles. The van der Waals surface area contributed by atoms with Gasteiger partial charge in [-0.05, 0) is 61.2 Å². The van der Waals surface area contributed by atoms with Gasteiger partial charge in [-0.25, -0.2) is 9.40 Å². The van der Waals surface area contributed by atoms with Crippen molar-refractivity contribution >= 4 is 58.3 Å². The molecule has 0 radical (unpaired) electrons. The molecular formula is C26H22Cl3FN2O4. The monoisotopic (exact) mass is 550 g/mol. The molecule has 1 aliphatic carbocycles. The third-order valence-electron chi connectivity index (χ3n) is 6.55. The number of rotatable bonds is 7. The molecule has 10 heteroatoms. The Bertz CT molecular complexity index is 1250. The van der Waals surface area contributed by atoms with Crippen molar-refractivity contribution < 1.29 is 23.6 Å². The minimum Gasteiger partial charge on any atom is -0.292 e. The molecule has 4 atom stereocenters. The molecule has 1 heterocycles. The molecular weight excluding hydrogens is 530 g/mol. The van der Waals surface area contributed by atoms with Crippen LogP contribution in [0.3, 0.4) is 0 Å². The number of ketones is 1. The number of imide groups is 1. The number of hydrogen-bond donors (Lipinski definition) is 0. The number of hydrazine groups is 1. The maximum Gasteiger partial charge on any atom is 0.273 e. The van der Waals surface area contributed by atoms with E-state index in [2.05, 4.69) is 0 Å². The summed E-state index contributed by atoms with van der Waals surface area (Å²) in [7, 11) is 0. The Morgan fingerprint density at radius 1 is 1.06 bits per heavy atom. The summed E-state index contributed by atoms with van der Waals surface area (Å²) in [4.78, 5) is 54.6. The summed E-state index contributed by atoms with van der Waals surface area (Å²) in [6.07, 6.45) is 3.98. The van der Waals surface area contributed by atoms with E-state index in [-0.39, 0.29) is 39.4 Å². The van der Waals surface area contributed by atoms with E-state index in [9.17, 15) is 23.6 Å². The van der Waals surface area contributed by atoms with Gasteiger partial charge in [0.1, 0.15) is 11.9 Å². The topological polar surface area (TPSA) is 74.8 Å². The van der Waals surface area contributed by atoms with Gasteiger partial charge in [0.05, 0.1) is 21.9 Å². The van der Waals surface area contributed by atoms with Crippen molar-refractivity contribution in [1.82, 2.24) is 10.0 Å². The molecule has 0 saturated carbocycles. The molecule has 188 valence electrons. The van der Waals surface area contributed by atoms with Crippen molar-refractivity contribution in [3.63, 3.8) is 0 Å². The van der Waals surface area contributed by atoms with Crippen LogP contribution in [0.15, 0.2) is 54.6 Å². The van der Waals surface area contributed by atoms with Crippen LogP contribution in [0, 0.1) is 23.6 Å². The molecule has 0 N–H and O–H groups in total. The predicted molar refractivity (Wildman–Crippen MR) is 134 cm³/mol. The van der Waals surface area contributed by atoms with Gasteiger partial charge in [0, 0.05) is 17.0 Å². The molecule has 3 amide bonds. The van der Waals surface area contributed by atoms with Crippen molar-refractivity contribution in [1.29, 1.82) is 0 Å². The molecule has 0 unspecified atom stereocenters. The Labute approximate surface area is 222 Å². The van der Waals surface area contributed by atoms with Crippen LogP contribution in [0.2, 0.25) is 10.0 Å². The number of alkyl halides is 1. The first-order chi connectivity index (χ1) is 17.1. The standard InChI is InChI=1S/C26H22Cl3FN2O4/c1-14-3-2-4-18-22(14)26(36)32(25(18)35)31(24(34)16-7-10-19(28)20(29)13-16)21(11-12-27)23(33)15-5-8-17(30)9-6-15/h2-3,5-10,13-14,18,21-22H,4,11-12H2,1H3/t14-,18+,21-,22+/m1/s1. The summed E-state index contributed by atoms with van der Waals surface area (Å²) in [6.45, 7) is 1.83. The lowest BCUT2D eigenvalue weighted by atomic mass is 9.78. The van der Waals surface area contributed by atoms with Crippen molar-refractivity contribution in [2.75, 3.05) is 5.88 Å². The lowest BCUT2D eigenvalue weighted by Gasteiger charge is -2.36. The summed E-state index contributed by atoms with van der Waals surface area (Å²) in [5.74, 6) is -4.66. The van der Waals surface area contributed by atoms with Gasteiger partial charge in [-0.1, -0.05) is 42.3 Å². The van der Waals surface area contributed by atoms with Crippen LogP contribution in [0.4, 0.5) is 4.39 Å². The van der Waals surface area contributed by atoms with E-state index >= 15 is 0 Å². The average molecular weight is 552 g/mol. The molecule has 1 saturated heterocycles. The van der Waals surface area contributed by atoms with E-state index in [0.717, 1.165) is 22.2 Å². The third kappa shape index (κ3) is 4.80. The third-order valence-corrected chi connectivity index (χ3v) is 7.51. The molecule has 2 aliphatic rings. The maximum absolute atomic E-state index is 13.9. The van der Waals surface area contributed by atoms with Crippen LogP contribution < -0.4 is 0 Å². The fourth-order valence-electron chi connectivity index (χ4n) is 4.75. The van der Waals surface area contributed by atoms with Gasteiger partial charge in [-0.15, -0.1) is 11.6 Å². The Morgan fingerprint density at radius 2 is 1.72 bits per heavy atom. The van der Waals surface area contributed by atoms with Gasteiger partial charge in [0.25, 0.3) is 17.7 Å². The van der Waals surface area contributed by atoms with E-state index in [0.29, 0.717) is 6.42 Å². The average Bonchev–Trinajstić information content (AvgIpc) is 3.11. The fraction of sp³-hybridized carbons (Fsp3) is 0.308. The van der Waals surface area contributed by atoms with Gasteiger partial charge >= 0.3 is 0 Å². The van der Waals surface area contributed by atoms with Crippen molar-refractivity contribution in [3.8, 4) is 0 Å². The Hall–Kier alpha value is -2.74. The van der Waals surface area contributed by atoms with Crippen LogP contribution in [0.25, 0.3) is 0 Å². The van der Waals surface area contributed by atoms with Gasteiger partial charge in [-0.2, -0.15) is 5.01 Å². The lowest BCUT2D eigenvalue weighted by Crippen LogP contribution is -2.57. The summed E-state index contributed by atoms with van der Waals surface area (Å²) in [5, 5.41) is 1.98. The van der Waals surface area contributed by atoms with E-state index in [1.54, 1.807) is 0 Å². The van der Waals surface area contributed by atoms with Crippen LogP contribution in [-0.4, -0.2) is 45.4 Å². The number of allylic oxidation sites excluding steroid dienone is 2. The van der Waals surface area contributed by atoms with Gasteiger partial charge in [-0.3, -0.25) is 19.2 Å². The van der Waals surface area contributed by atoms with Gasteiger partial charge in [0.2, 0.25) is 0 Å². The SMILES string of the molecule is C[C@@H]1C=CC[C@@H]2C(=O)N(N(C(=O)c3ccc(Cl)c(Cl)c3)[C@H](CCCl)C(=O)c3ccc(F)cc3)C(=O)[C@@H]12. The highest BCUT2D eigenvalue weighted by atomic mass is 35.5. The number of fused-ring (bicyclic) bond motifs is 1. The second-order valence-corrected chi connectivity index (χ2v) is 9.98. The highest BCUT2D eigenvalue weighted by molar-refractivity contribution is 6.42. The second kappa shape index (κ2) is 10.7.